The highest BCUT2D eigenvalue weighted by Gasteiger charge is 2.48. The van der Waals surface area contributed by atoms with Crippen LogP contribution in [0.2, 0.25) is 5.02 Å². The normalized spacial score (nSPS) is 17.9. The van der Waals surface area contributed by atoms with E-state index < -0.39 is 17.7 Å². The number of halogens is 1. The first-order chi connectivity index (χ1) is 15.4. The minimum atomic E-state index is -0.930. The number of furan rings is 1. The molecule has 2 aromatic carbocycles. The predicted molar refractivity (Wildman–Crippen MR) is 122 cm³/mol. The summed E-state index contributed by atoms with van der Waals surface area (Å²) in [5.74, 6) is -0.487. The Morgan fingerprint density at radius 2 is 1.88 bits per heavy atom. The number of Topliss-reactive ketones (excluding diaryl/α,β-unsaturated/α-hetero) is 1. The van der Waals surface area contributed by atoms with Gasteiger partial charge >= 0.3 is 0 Å². The van der Waals surface area contributed by atoms with E-state index in [-0.39, 0.29) is 11.3 Å². The molecule has 6 nitrogen and oxygen atoms in total. The van der Waals surface area contributed by atoms with E-state index >= 15 is 0 Å². The van der Waals surface area contributed by atoms with E-state index in [0.29, 0.717) is 40.3 Å². The molecule has 1 amide bonds. The molecule has 3 aromatic rings. The first-order valence-electron chi connectivity index (χ1n) is 10.2. The molecular weight excluding hydrogens is 430 g/mol. The number of hydrogen-bond acceptors (Lipinski definition) is 5. The Balaban J connectivity index is 1.78. The van der Waals surface area contributed by atoms with Gasteiger partial charge in [0.1, 0.15) is 23.3 Å². The van der Waals surface area contributed by atoms with E-state index in [2.05, 4.69) is 0 Å². The van der Waals surface area contributed by atoms with Gasteiger partial charge in [0.05, 0.1) is 18.4 Å². The van der Waals surface area contributed by atoms with Crippen LogP contribution in [0.4, 0.5) is 5.69 Å². The molecule has 2 heterocycles. The van der Waals surface area contributed by atoms with Crippen molar-refractivity contribution in [1.29, 1.82) is 0 Å². The summed E-state index contributed by atoms with van der Waals surface area (Å²) >= 11 is 6.12. The lowest BCUT2D eigenvalue weighted by atomic mass is 9.99. The third-order valence-electron chi connectivity index (χ3n) is 5.05. The van der Waals surface area contributed by atoms with Crippen molar-refractivity contribution in [2.75, 3.05) is 11.5 Å². The Morgan fingerprint density at radius 3 is 2.50 bits per heavy atom. The second-order valence-corrected chi connectivity index (χ2v) is 8.33. The van der Waals surface area contributed by atoms with Crippen LogP contribution in [0.25, 0.3) is 5.76 Å². The Hall–Kier alpha value is -3.51. The summed E-state index contributed by atoms with van der Waals surface area (Å²) in [6, 6.07) is 15.7. The maximum absolute atomic E-state index is 13.0. The molecule has 164 valence electrons. The number of ether oxygens (including phenoxy) is 1. The zero-order valence-electron chi connectivity index (χ0n) is 17.6. The minimum absolute atomic E-state index is 0.0548. The van der Waals surface area contributed by atoms with Crippen LogP contribution in [0.15, 0.2) is 76.9 Å². The van der Waals surface area contributed by atoms with Crippen molar-refractivity contribution in [2.45, 2.75) is 19.9 Å². The maximum Gasteiger partial charge on any atom is 0.300 e. The van der Waals surface area contributed by atoms with Crippen molar-refractivity contribution in [3.63, 3.8) is 0 Å². The van der Waals surface area contributed by atoms with Crippen LogP contribution in [0.3, 0.4) is 0 Å². The van der Waals surface area contributed by atoms with Gasteiger partial charge in [-0.25, -0.2) is 0 Å². The van der Waals surface area contributed by atoms with Gasteiger partial charge in [0.25, 0.3) is 11.7 Å². The fraction of sp³-hybridized carbons (Fsp3) is 0.200. The first kappa shape index (κ1) is 21.7. The van der Waals surface area contributed by atoms with Gasteiger partial charge in [0.2, 0.25) is 0 Å². The zero-order chi connectivity index (χ0) is 22.8. The van der Waals surface area contributed by atoms with E-state index in [1.54, 1.807) is 60.7 Å². The Morgan fingerprint density at radius 1 is 1.12 bits per heavy atom. The summed E-state index contributed by atoms with van der Waals surface area (Å²) < 4.78 is 11.2. The fourth-order valence-corrected chi connectivity index (χ4v) is 3.75. The number of nitrogens with zero attached hydrogens (tertiary/aromatic N) is 1. The lowest BCUT2D eigenvalue weighted by molar-refractivity contribution is -0.132. The number of hydrogen-bond donors (Lipinski definition) is 1. The van der Waals surface area contributed by atoms with Gasteiger partial charge < -0.3 is 14.3 Å². The standard InChI is InChI=1S/C25H22ClNO5/c1-15(2)14-32-19-10-8-16(9-11-19)23(28)21-22(20-7-4-12-31-20)27(25(30)24(21)29)18-6-3-5-17(26)13-18/h3-13,15,22,28H,14H2,1-2H3/b23-21-. The summed E-state index contributed by atoms with van der Waals surface area (Å²) in [6.45, 7) is 4.66. The lowest BCUT2D eigenvalue weighted by Gasteiger charge is -2.23. The average Bonchev–Trinajstić information content (AvgIpc) is 3.39. The number of aliphatic hydroxyl groups excluding tert-OH is 1. The molecule has 0 bridgehead atoms. The monoisotopic (exact) mass is 451 g/mol. The molecule has 0 saturated carbocycles. The molecule has 1 unspecified atom stereocenters. The van der Waals surface area contributed by atoms with E-state index in [0.717, 1.165) is 0 Å². The molecule has 1 saturated heterocycles. The van der Waals surface area contributed by atoms with E-state index in [1.165, 1.54) is 11.2 Å². The second kappa shape index (κ2) is 8.93. The summed E-state index contributed by atoms with van der Waals surface area (Å²) in [5, 5.41) is 11.5. The number of ketones is 1. The largest absolute Gasteiger partial charge is 0.507 e. The third kappa shape index (κ3) is 4.14. The SMILES string of the molecule is CC(C)COc1ccc(/C(O)=C2/C(=O)C(=O)N(c3cccc(Cl)c3)C2c2ccco2)cc1. The van der Waals surface area contributed by atoms with Crippen LogP contribution in [0.5, 0.6) is 5.75 Å². The quantitative estimate of drug-likeness (QED) is 0.300. The molecule has 4 rings (SSSR count). The van der Waals surface area contributed by atoms with E-state index in [1.807, 2.05) is 13.8 Å². The van der Waals surface area contributed by atoms with Gasteiger partial charge in [0.15, 0.2) is 0 Å². The smallest absolute Gasteiger partial charge is 0.300 e. The number of carbonyl (C=O) groups excluding carboxylic acids is 2. The molecule has 0 aliphatic carbocycles. The zero-order valence-corrected chi connectivity index (χ0v) is 18.4. The van der Waals surface area contributed by atoms with Crippen molar-refractivity contribution in [2.24, 2.45) is 5.92 Å². The van der Waals surface area contributed by atoms with Crippen LogP contribution < -0.4 is 9.64 Å². The van der Waals surface area contributed by atoms with Gasteiger partial charge in [-0.2, -0.15) is 0 Å². The Kier molecular flexibility index (Phi) is 6.06. The van der Waals surface area contributed by atoms with E-state index in [4.69, 9.17) is 20.8 Å². The summed E-state index contributed by atoms with van der Waals surface area (Å²) in [4.78, 5) is 27.3. The van der Waals surface area contributed by atoms with Gasteiger partial charge in [-0.3, -0.25) is 14.5 Å². The Labute approximate surface area is 190 Å². The highest BCUT2D eigenvalue weighted by atomic mass is 35.5. The summed E-state index contributed by atoms with van der Waals surface area (Å²) in [5.41, 5.74) is 0.765. The molecule has 1 aliphatic heterocycles. The van der Waals surface area contributed by atoms with Gasteiger partial charge in [0, 0.05) is 16.3 Å². The van der Waals surface area contributed by atoms with Crippen molar-refractivity contribution >= 4 is 34.7 Å². The average molecular weight is 452 g/mol. The molecule has 0 radical (unpaired) electrons. The summed E-state index contributed by atoms with van der Waals surface area (Å²) in [7, 11) is 0. The topological polar surface area (TPSA) is 80.0 Å². The molecule has 32 heavy (non-hydrogen) atoms. The van der Waals surface area contributed by atoms with Crippen LogP contribution in [-0.4, -0.2) is 23.4 Å². The van der Waals surface area contributed by atoms with Gasteiger partial charge in [-0.05, 0) is 60.5 Å². The van der Waals surface area contributed by atoms with Crippen molar-refractivity contribution in [3.8, 4) is 5.75 Å². The van der Waals surface area contributed by atoms with Gasteiger partial charge in [-0.15, -0.1) is 0 Å². The lowest BCUT2D eigenvalue weighted by Crippen LogP contribution is -2.29. The maximum atomic E-state index is 13.0. The number of rotatable bonds is 6. The minimum Gasteiger partial charge on any atom is -0.507 e. The Bertz CT molecular complexity index is 1170. The van der Waals surface area contributed by atoms with Gasteiger partial charge in [-0.1, -0.05) is 31.5 Å². The van der Waals surface area contributed by atoms with Crippen LogP contribution in [-0.2, 0) is 9.59 Å². The van der Waals surface area contributed by atoms with Crippen molar-refractivity contribution < 1.29 is 23.8 Å². The van der Waals surface area contributed by atoms with Crippen LogP contribution >= 0.6 is 11.6 Å². The third-order valence-corrected chi connectivity index (χ3v) is 5.29. The molecule has 1 atom stereocenters. The van der Waals surface area contributed by atoms with Crippen molar-refractivity contribution in [1.82, 2.24) is 0 Å². The highest BCUT2D eigenvalue weighted by molar-refractivity contribution is 6.51. The van der Waals surface area contributed by atoms with Crippen LogP contribution in [0.1, 0.15) is 31.2 Å². The van der Waals surface area contributed by atoms with E-state index in [9.17, 15) is 14.7 Å². The molecule has 1 fully saturated rings. The second-order valence-electron chi connectivity index (χ2n) is 7.89. The number of aliphatic hydroxyl groups is 1. The highest BCUT2D eigenvalue weighted by Crippen LogP contribution is 2.42. The predicted octanol–water partition coefficient (Wildman–Crippen LogP) is 5.59. The van der Waals surface area contributed by atoms with Crippen molar-refractivity contribution in [3.05, 3.63) is 88.8 Å². The number of carbonyl (C=O) groups is 2. The number of benzene rings is 2. The molecule has 0 spiro atoms. The molecule has 1 aliphatic rings. The molecule has 1 N–H and O–H groups in total. The number of amides is 1. The molecule has 1 aromatic heterocycles. The molecule has 7 heteroatoms. The number of anilines is 1. The summed E-state index contributed by atoms with van der Waals surface area (Å²) in [6.07, 6.45) is 1.45. The van der Waals surface area contributed by atoms with Crippen LogP contribution in [0, 0.1) is 5.92 Å². The first-order valence-corrected chi connectivity index (χ1v) is 10.6. The molecular formula is C25H22ClNO5. The fourth-order valence-electron chi connectivity index (χ4n) is 3.57.